The number of hydrogen-bond acceptors (Lipinski definition) is 2. The quantitative estimate of drug-likeness (QED) is 0.808. The fourth-order valence-electron chi connectivity index (χ4n) is 1.41. The van der Waals surface area contributed by atoms with Gasteiger partial charge in [0, 0.05) is 17.4 Å². The van der Waals surface area contributed by atoms with Gasteiger partial charge >= 0.3 is 6.09 Å². The standard InChI is InChI=1S/C11H11ClN2O2/c12-4-6-16-11(15)14-9-2-1-8-3-5-13-10(8)7-9/h1-3,5,7,13H,4,6H2,(H,14,15). The Morgan fingerprint density at radius 2 is 2.31 bits per heavy atom. The third-order valence-electron chi connectivity index (χ3n) is 2.11. The lowest BCUT2D eigenvalue weighted by atomic mass is 10.2. The van der Waals surface area contributed by atoms with Gasteiger partial charge in [-0.2, -0.15) is 0 Å². The average Bonchev–Trinajstić information content (AvgIpc) is 2.73. The molecule has 0 aliphatic carbocycles. The molecule has 0 aliphatic rings. The molecule has 0 aliphatic heterocycles. The number of halogens is 1. The molecular weight excluding hydrogens is 228 g/mol. The Balaban J connectivity index is 2.06. The first-order valence-corrected chi connectivity index (χ1v) is 5.40. The number of anilines is 1. The topological polar surface area (TPSA) is 54.1 Å². The smallest absolute Gasteiger partial charge is 0.411 e. The first kappa shape index (κ1) is 10.8. The maximum absolute atomic E-state index is 11.2. The van der Waals surface area contributed by atoms with Crippen LogP contribution in [0.4, 0.5) is 10.5 Å². The lowest BCUT2D eigenvalue weighted by molar-refractivity contribution is 0.168. The van der Waals surface area contributed by atoms with Gasteiger partial charge in [-0.3, -0.25) is 5.32 Å². The van der Waals surface area contributed by atoms with Gasteiger partial charge in [-0.15, -0.1) is 11.6 Å². The third-order valence-corrected chi connectivity index (χ3v) is 2.27. The number of benzene rings is 1. The highest BCUT2D eigenvalue weighted by molar-refractivity contribution is 6.18. The predicted molar refractivity (Wildman–Crippen MR) is 64.0 cm³/mol. The van der Waals surface area contributed by atoms with Crippen molar-refractivity contribution < 1.29 is 9.53 Å². The molecule has 84 valence electrons. The van der Waals surface area contributed by atoms with Gasteiger partial charge < -0.3 is 9.72 Å². The van der Waals surface area contributed by atoms with Crippen molar-refractivity contribution in [3.63, 3.8) is 0 Å². The summed E-state index contributed by atoms with van der Waals surface area (Å²) in [6.07, 6.45) is 1.35. The van der Waals surface area contributed by atoms with E-state index in [2.05, 4.69) is 10.3 Å². The van der Waals surface area contributed by atoms with Crippen molar-refractivity contribution in [1.29, 1.82) is 0 Å². The van der Waals surface area contributed by atoms with Crippen LogP contribution in [0.25, 0.3) is 10.9 Å². The zero-order valence-corrected chi connectivity index (χ0v) is 9.25. The number of carbonyl (C=O) groups excluding carboxylic acids is 1. The van der Waals surface area contributed by atoms with Crippen molar-refractivity contribution in [2.24, 2.45) is 0 Å². The number of rotatable bonds is 3. The van der Waals surface area contributed by atoms with Gasteiger partial charge in [-0.25, -0.2) is 4.79 Å². The van der Waals surface area contributed by atoms with Crippen LogP contribution in [0.15, 0.2) is 30.5 Å². The number of alkyl halides is 1. The van der Waals surface area contributed by atoms with Gasteiger partial charge in [0.2, 0.25) is 0 Å². The summed E-state index contributed by atoms with van der Waals surface area (Å²) in [6, 6.07) is 7.54. The summed E-state index contributed by atoms with van der Waals surface area (Å²) >= 11 is 5.40. The number of fused-ring (bicyclic) bond motifs is 1. The Morgan fingerprint density at radius 3 is 3.12 bits per heavy atom. The van der Waals surface area contributed by atoms with E-state index in [1.165, 1.54) is 0 Å². The molecule has 2 rings (SSSR count). The number of carbonyl (C=O) groups is 1. The molecule has 16 heavy (non-hydrogen) atoms. The number of aromatic nitrogens is 1. The van der Waals surface area contributed by atoms with E-state index in [1.54, 1.807) is 0 Å². The number of aromatic amines is 1. The fourth-order valence-corrected chi connectivity index (χ4v) is 1.49. The minimum absolute atomic E-state index is 0.206. The minimum atomic E-state index is -0.494. The summed E-state index contributed by atoms with van der Waals surface area (Å²) in [7, 11) is 0. The van der Waals surface area contributed by atoms with Gasteiger partial charge in [0.15, 0.2) is 0 Å². The second-order valence-corrected chi connectivity index (χ2v) is 3.61. The number of nitrogens with one attached hydrogen (secondary N) is 2. The van der Waals surface area contributed by atoms with Crippen LogP contribution in [0.1, 0.15) is 0 Å². The van der Waals surface area contributed by atoms with E-state index in [4.69, 9.17) is 16.3 Å². The van der Waals surface area contributed by atoms with Gasteiger partial charge in [0.25, 0.3) is 0 Å². The lowest BCUT2D eigenvalue weighted by Crippen LogP contribution is -2.14. The van der Waals surface area contributed by atoms with Gasteiger partial charge in [0.05, 0.1) is 5.88 Å². The molecule has 1 amide bonds. The summed E-state index contributed by atoms with van der Waals surface area (Å²) < 4.78 is 4.80. The molecule has 1 aromatic carbocycles. The van der Waals surface area contributed by atoms with Gasteiger partial charge in [-0.1, -0.05) is 6.07 Å². The Kier molecular flexibility index (Phi) is 3.31. The van der Waals surface area contributed by atoms with Crippen LogP contribution in [0.3, 0.4) is 0 Å². The van der Waals surface area contributed by atoms with Crippen LogP contribution in [0, 0.1) is 0 Å². The Bertz CT molecular complexity index is 495. The average molecular weight is 239 g/mol. The second-order valence-electron chi connectivity index (χ2n) is 3.23. The maximum atomic E-state index is 11.2. The van der Waals surface area contributed by atoms with E-state index in [9.17, 15) is 4.79 Å². The van der Waals surface area contributed by atoms with Crippen molar-refractivity contribution in [2.75, 3.05) is 17.8 Å². The summed E-state index contributed by atoms with van der Waals surface area (Å²) in [5, 5.41) is 3.72. The summed E-state index contributed by atoms with van der Waals surface area (Å²) in [6.45, 7) is 0.206. The minimum Gasteiger partial charge on any atom is -0.448 e. The largest absolute Gasteiger partial charge is 0.448 e. The van der Waals surface area contributed by atoms with E-state index in [0.29, 0.717) is 11.6 Å². The zero-order valence-electron chi connectivity index (χ0n) is 8.50. The predicted octanol–water partition coefficient (Wildman–Crippen LogP) is 2.96. The Labute approximate surface area is 97.5 Å². The highest BCUT2D eigenvalue weighted by Gasteiger charge is 2.03. The van der Waals surface area contributed by atoms with E-state index < -0.39 is 6.09 Å². The second kappa shape index (κ2) is 4.90. The molecule has 1 aromatic heterocycles. The normalized spacial score (nSPS) is 10.3. The molecule has 0 unspecified atom stereocenters. The molecule has 0 fully saturated rings. The summed E-state index contributed by atoms with van der Waals surface area (Å²) in [5.41, 5.74) is 1.66. The number of amides is 1. The van der Waals surface area contributed by atoms with Crippen LogP contribution in [-0.2, 0) is 4.74 Å². The van der Waals surface area contributed by atoms with E-state index in [0.717, 1.165) is 10.9 Å². The van der Waals surface area contributed by atoms with Gasteiger partial charge in [-0.05, 0) is 23.6 Å². The molecule has 4 nitrogen and oxygen atoms in total. The van der Waals surface area contributed by atoms with Crippen molar-refractivity contribution >= 4 is 34.3 Å². The monoisotopic (exact) mass is 238 g/mol. The van der Waals surface area contributed by atoms with Crippen LogP contribution >= 0.6 is 11.6 Å². The Hall–Kier alpha value is -1.68. The molecule has 0 spiro atoms. The first-order chi connectivity index (χ1) is 7.79. The first-order valence-electron chi connectivity index (χ1n) is 4.86. The summed E-state index contributed by atoms with van der Waals surface area (Å²) in [4.78, 5) is 14.3. The fraction of sp³-hybridized carbons (Fsp3) is 0.182. The highest BCUT2D eigenvalue weighted by atomic mass is 35.5. The van der Waals surface area contributed by atoms with Gasteiger partial charge in [0.1, 0.15) is 6.61 Å². The Morgan fingerprint density at radius 1 is 1.44 bits per heavy atom. The van der Waals surface area contributed by atoms with Crippen molar-refractivity contribution in [2.45, 2.75) is 0 Å². The molecule has 0 saturated carbocycles. The van der Waals surface area contributed by atoms with Crippen LogP contribution in [0.2, 0.25) is 0 Å². The highest BCUT2D eigenvalue weighted by Crippen LogP contribution is 2.17. The van der Waals surface area contributed by atoms with Crippen molar-refractivity contribution in [1.82, 2.24) is 4.98 Å². The molecule has 2 N–H and O–H groups in total. The van der Waals surface area contributed by atoms with Crippen molar-refractivity contribution in [3.05, 3.63) is 30.5 Å². The van der Waals surface area contributed by atoms with Crippen molar-refractivity contribution in [3.8, 4) is 0 Å². The molecular formula is C11H11ClN2O2. The maximum Gasteiger partial charge on any atom is 0.411 e. The zero-order chi connectivity index (χ0) is 11.4. The molecule has 0 saturated heterocycles. The van der Waals surface area contributed by atoms with Crippen LogP contribution in [-0.4, -0.2) is 23.6 Å². The number of hydrogen-bond donors (Lipinski definition) is 2. The van der Waals surface area contributed by atoms with E-state index in [-0.39, 0.29) is 6.61 Å². The molecule has 0 atom stereocenters. The third kappa shape index (κ3) is 2.46. The lowest BCUT2D eigenvalue weighted by Gasteiger charge is -2.05. The van der Waals surface area contributed by atoms with E-state index >= 15 is 0 Å². The molecule has 2 aromatic rings. The molecule has 5 heteroatoms. The number of ether oxygens (including phenoxy) is 1. The van der Waals surface area contributed by atoms with E-state index in [1.807, 2.05) is 30.5 Å². The SMILES string of the molecule is O=C(Nc1ccc2cc[nH]c2c1)OCCCl. The summed E-state index contributed by atoms with van der Waals surface area (Å²) in [5.74, 6) is 0.295. The number of H-pyrrole nitrogens is 1. The molecule has 1 heterocycles. The molecule has 0 radical (unpaired) electrons. The molecule has 0 bridgehead atoms. The van der Waals surface area contributed by atoms with Crippen LogP contribution in [0.5, 0.6) is 0 Å². The van der Waals surface area contributed by atoms with Crippen LogP contribution < -0.4 is 5.32 Å².